The van der Waals surface area contributed by atoms with Gasteiger partial charge in [-0.05, 0) is 17.8 Å². The van der Waals surface area contributed by atoms with Crippen LogP contribution < -0.4 is 4.72 Å². The molecule has 6 heteroatoms. The zero-order valence-corrected chi connectivity index (χ0v) is 12.3. The number of hydrogen-bond acceptors (Lipinski definition) is 4. The van der Waals surface area contributed by atoms with E-state index in [0.717, 1.165) is 0 Å². The molecule has 0 fully saturated rings. The number of carbonyl (C=O) groups is 1. The Balaban J connectivity index is 0. The van der Waals surface area contributed by atoms with Gasteiger partial charge in [-0.1, -0.05) is 0 Å². The summed E-state index contributed by atoms with van der Waals surface area (Å²) in [6, 6.07) is 0. The van der Waals surface area contributed by atoms with E-state index in [1.165, 1.54) is 6.92 Å². The van der Waals surface area contributed by atoms with Crippen LogP contribution in [0.2, 0.25) is 0 Å². The molecule has 4 nitrogen and oxygen atoms in total. The fourth-order valence-corrected chi connectivity index (χ4v) is 0.482. The van der Waals surface area contributed by atoms with Crippen LogP contribution in [0.1, 0.15) is 6.92 Å². The van der Waals surface area contributed by atoms with Gasteiger partial charge < -0.3 is 13.1 Å². The molecule has 0 aliphatic heterocycles. The SMILES string of the molecule is CC(=O)CN[S-](=O)=O.[Rf]. The molecule has 0 aliphatic rings. The summed E-state index contributed by atoms with van der Waals surface area (Å²) < 4.78 is 21.2. The van der Waals surface area contributed by atoms with Crippen LogP contribution in [-0.2, 0) is 24.1 Å². The van der Waals surface area contributed by atoms with Gasteiger partial charge in [-0.15, -0.1) is 0 Å². The average Bonchev–Trinajstić information content (AvgIpc) is 1.61. The molecule has 0 aromatic heterocycles. The molecule has 0 aliphatic carbocycles. The van der Waals surface area contributed by atoms with Crippen molar-refractivity contribution in [1.82, 2.24) is 4.72 Å². The first kappa shape index (κ1) is 10.5. The summed E-state index contributed by atoms with van der Waals surface area (Å²) in [5.41, 5.74) is 0. The van der Waals surface area contributed by atoms with Gasteiger partial charge in [-0.3, -0.25) is 4.79 Å². The number of nitrogens with one attached hydrogen (secondary N) is 1. The second-order valence-electron chi connectivity index (χ2n) is 1.26. The van der Waals surface area contributed by atoms with E-state index in [9.17, 15) is 13.2 Å². The molecule has 0 rings (SSSR count). The maximum absolute atomic E-state index is 10.0. The predicted octanol–water partition coefficient (Wildman–Crippen LogP) is -0.611. The summed E-state index contributed by atoms with van der Waals surface area (Å²) in [6.45, 7) is 1.19. The van der Waals surface area contributed by atoms with Gasteiger partial charge >= 0.3 is 0 Å². The third-order valence-electron chi connectivity index (χ3n) is 0.439. The van der Waals surface area contributed by atoms with Crippen LogP contribution >= 0.6 is 0 Å². The predicted molar refractivity (Wildman–Crippen MR) is 27.4 cm³/mol. The van der Waals surface area contributed by atoms with Gasteiger partial charge in [0.15, 0.2) is 0 Å². The summed E-state index contributed by atoms with van der Waals surface area (Å²) in [5, 5.41) is 0. The zero-order valence-electron chi connectivity index (χ0n) is 5.05. The van der Waals surface area contributed by atoms with Crippen molar-refractivity contribution in [1.29, 1.82) is 0 Å². The standard InChI is InChI=1S/C3H6NO3S.Rf/c1-3(5)2-4-8(6)7;/h2H2,1H3,(H,4,6,7);/q-1;. The Hall–Kier alpha value is -1.42. The van der Waals surface area contributed by atoms with Crippen LogP contribution in [0.25, 0.3) is 0 Å². The monoisotopic (exact) mass is 403 g/mol. The van der Waals surface area contributed by atoms with Crippen molar-refractivity contribution in [3.63, 3.8) is 0 Å². The maximum atomic E-state index is 10.0. The van der Waals surface area contributed by atoms with Crippen molar-refractivity contribution in [2.24, 2.45) is 0 Å². The van der Waals surface area contributed by atoms with E-state index in [4.69, 9.17) is 0 Å². The Morgan fingerprint density at radius 1 is 1.56 bits per heavy atom. The first-order valence-corrected chi connectivity index (χ1v) is 3.02. The van der Waals surface area contributed by atoms with E-state index in [1.807, 2.05) is 4.72 Å². The molecular weight excluding hydrogens is 397 g/mol. The van der Waals surface area contributed by atoms with E-state index in [0.29, 0.717) is 0 Å². The molecule has 50 valence electrons. The average molecular weight is 403 g/mol. The Labute approximate surface area is 49.0 Å². The molecule has 0 atom stereocenters. The van der Waals surface area contributed by atoms with Crippen LogP contribution in [0.15, 0.2) is 0 Å². The molecule has 1 N–H and O–H groups in total. The molecule has 0 heterocycles. The van der Waals surface area contributed by atoms with Crippen LogP contribution in [0, 0.1) is 0 Å². The van der Waals surface area contributed by atoms with Crippen molar-refractivity contribution in [3.05, 3.63) is 0 Å². The maximum Gasteiger partial charge on any atom is 0.142 e. The van der Waals surface area contributed by atoms with Crippen molar-refractivity contribution < 1.29 is 13.2 Å². The smallest absolute Gasteiger partial charge is 0.142 e. The summed E-state index contributed by atoms with van der Waals surface area (Å²) in [4.78, 5) is 10.0. The molecule has 0 radical (unpaired) electrons. The fourth-order valence-electron chi connectivity index (χ4n) is 0.161. The summed E-state index contributed by atoms with van der Waals surface area (Å²) >= 11 is 0. The fraction of sp³-hybridized carbons (Fsp3) is 0.667. The van der Waals surface area contributed by atoms with Gasteiger partial charge in [0.2, 0.25) is 0 Å². The molecule has 0 aromatic carbocycles. The van der Waals surface area contributed by atoms with Crippen LogP contribution in [0.3, 0.4) is 0 Å². The Morgan fingerprint density at radius 2 is 2.00 bits per heavy atom. The number of Topliss-reactive ketones (excluding diaryl/α,β-unsaturated/α-hetero) is 1. The molecular formula is C3H6NO3RfS-. The summed E-state index contributed by atoms with van der Waals surface area (Å²) in [6.07, 6.45) is 0. The van der Waals surface area contributed by atoms with Crippen molar-refractivity contribution in [2.75, 3.05) is 6.54 Å². The van der Waals surface area contributed by atoms with Crippen molar-refractivity contribution >= 4 is 16.7 Å². The van der Waals surface area contributed by atoms with Gasteiger partial charge in [0.05, 0.1) is 0 Å². The second-order valence-corrected chi connectivity index (χ2v) is 2.02. The molecule has 0 saturated carbocycles. The molecule has 9 heavy (non-hydrogen) atoms. The molecule has 0 aromatic rings. The van der Waals surface area contributed by atoms with E-state index in [-0.39, 0.29) is 12.3 Å². The Bertz CT molecular complexity index is 147. The normalized spacial score (nSPS) is 8.67. The minimum atomic E-state index is -2.31. The number of carbonyl (C=O) groups excluding carboxylic acids is 1. The van der Waals surface area contributed by atoms with Crippen LogP contribution in [0.4, 0.5) is 0 Å². The van der Waals surface area contributed by atoms with Crippen molar-refractivity contribution in [2.45, 2.75) is 6.92 Å². The number of rotatable bonds is 3. The zero-order chi connectivity index (χ0) is 6.57. The summed E-state index contributed by atoms with van der Waals surface area (Å²) in [5.74, 6) is -0.200. The molecule has 0 bridgehead atoms. The van der Waals surface area contributed by atoms with E-state index in [1.54, 1.807) is 0 Å². The molecule has 0 saturated heterocycles. The third-order valence-corrected chi connectivity index (χ3v) is 0.819. The molecule has 0 spiro atoms. The number of hydrogen-bond donors (Lipinski definition) is 1. The van der Waals surface area contributed by atoms with Gasteiger partial charge in [0, 0.05) is 6.54 Å². The van der Waals surface area contributed by atoms with Crippen molar-refractivity contribution in [3.8, 4) is 0 Å². The minimum Gasteiger partial charge on any atom is -0.409 e. The first-order valence-electron chi connectivity index (χ1n) is 1.95. The Morgan fingerprint density at radius 3 is 2.11 bits per heavy atom. The quantitative estimate of drug-likeness (QED) is 0.640. The van der Waals surface area contributed by atoms with E-state index < -0.39 is 10.9 Å². The van der Waals surface area contributed by atoms with Crippen LogP contribution in [-0.4, -0.2) is 12.3 Å². The second kappa shape index (κ2) is 4.73. The van der Waals surface area contributed by atoms with E-state index in [2.05, 4.69) is 0 Å². The van der Waals surface area contributed by atoms with Gasteiger partial charge in [-0.25, -0.2) is 0 Å². The first-order chi connectivity index (χ1) is 3.63. The van der Waals surface area contributed by atoms with E-state index >= 15 is 0 Å². The van der Waals surface area contributed by atoms with Gasteiger partial charge in [-0.2, -0.15) is 0 Å². The molecule has 0 unspecified atom stereocenters. The van der Waals surface area contributed by atoms with Crippen LogP contribution in [0.5, 0.6) is 0 Å². The minimum absolute atomic E-state index is 0. The topological polar surface area (TPSA) is 63.2 Å². The van der Waals surface area contributed by atoms with Gasteiger partial charge in [0.1, 0.15) is 5.78 Å². The molecule has 0 amide bonds. The third kappa shape index (κ3) is 10.8. The summed E-state index contributed by atoms with van der Waals surface area (Å²) in [7, 11) is -2.31. The number of ketones is 1. The largest absolute Gasteiger partial charge is 0.409 e. The Kier molecular flexibility index (Phi) is 5.54. The van der Waals surface area contributed by atoms with Gasteiger partial charge in [0.25, 0.3) is 0 Å².